The largest absolute Gasteiger partial charge is 0.375 e. The quantitative estimate of drug-likeness (QED) is 0.248. The topological polar surface area (TPSA) is 39.7 Å². The van der Waals surface area contributed by atoms with E-state index in [1.54, 1.807) is 0 Å². The zero-order valence-electron chi connectivity index (χ0n) is 14.5. The number of nitrogens with one attached hydrogen (secondary N) is 2. The van der Waals surface area contributed by atoms with Crippen LogP contribution in [0.25, 0.3) is 0 Å². The van der Waals surface area contributed by atoms with E-state index in [-0.39, 0.29) is 24.0 Å². The Morgan fingerprint density at radius 3 is 2.35 bits per heavy atom. The van der Waals surface area contributed by atoms with E-state index in [1.165, 1.54) is 24.3 Å². The minimum Gasteiger partial charge on any atom is -0.375 e. The molecule has 0 heterocycles. The van der Waals surface area contributed by atoms with E-state index in [0.29, 0.717) is 0 Å². The van der Waals surface area contributed by atoms with Gasteiger partial charge in [-0.25, -0.2) is 0 Å². The van der Waals surface area contributed by atoms with Gasteiger partial charge in [-0.05, 0) is 43.4 Å². The fourth-order valence-corrected chi connectivity index (χ4v) is 2.63. The van der Waals surface area contributed by atoms with Crippen LogP contribution in [0.3, 0.4) is 0 Å². The van der Waals surface area contributed by atoms with Crippen LogP contribution < -0.4 is 15.5 Å². The highest BCUT2D eigenvalue weighted by Gasteiger charge is 2.00. The summed E-state index contributed by atoms with van der Waals surface area (Å²) in [6, 6.07) is 10.5. The van der Waals surface area contributed by atoms with Crippen molar-refractivity contribution in [3.05, 3.63) is 30.3 Å². The summed E-state index contributed by atoms with van der Waals surface area (Å²) in [7, 11) is 3.96. The number of guanidine groups is 1. The Bertz CT molecular complexity index is 414. The fraction of sp³-hybridized carbons (Fsp3) is 0.588. The molecule has 132 valence electrons. The first-order valence-corrected chi connectivity index (χ1v) is 9.37. The van der Waals surface area contributed by atoms with Crippen molar-refractivity contribution >= 4 is 47.4 Å². The van der Waals surface area contributed by atoms with Crippen LogP contribution in [0.5, 0.6) is 0 Å². The average Bonchev–Trinajstić information content (AvgIpc) is 2.57. The molecule has 0 saturated heterocycles. The van der Waals surface area contributed by atoms with Gasteiger partial charge in [-0.2, -0.15) is 11.8 Å². The number of para-hydroxylation sites is 1. The normalized spacial score (nSPS) is 10.8. The van der Waals surface area contributed by atoms with Crippen LogP contribution in [0.15, 0.2) is 35.3 Å². The molecule has 0 saturated carbocycles. The van der Waals surface area contributed by atoms with Gasteiger partial charge in [0.2, 0.25) is 0 Å². The Kier molecular flexibility index (Phi) is 14.5. The second-order valence-electron chi connectivity index (χ2n) is 5.24. The van der Waals surface area contributed by atoms with E-state index in [4.69, 9.17) is 0 Å². The Labute approximate surface area is 162 Å². The molecule has 0 aromatic heterocycles. The summed E-state index contributed by atoms with van der Waals surface area (Å²) in [5.41, 5.74) is 1.26. The van der Waals surface area contributed by atoms with Crippen LogP contribution in [0, 0.1) is 0 Å². The Balaban J connectivity index is 0.00000484. The molecule has 0 spiro atoms. The standard InChI is InChI=1S/C17H30N4S.HI/c1-18-17(19-12-7-8-15-22-3)20-13-9-14-21(2)16-10-5-4-6-11-16;/h4-6,10-11H,7-9,12-15H2,1-3H3,(H2,18,19,20);1H. The highest BCUT2D eigenvalue weighted by atomic mass is 127. The second-order valence-corrected chi connectivity index (χ2v) is 6.22. The number of aliphatic imine (C=N–C) groups is 1. The van der Waals surface area contributed by atoms with Crippen molar-refractivity contribution in [3.8, 4) is 0 Å². The molecule has 23 heavy (non-hydrogen) atoms. The molecule has 0 bridgehead atoms. The predicted molar refractivity (Wildman–Crippen MR) is 117 cm³/mol. The van der Waals surface area contributed by atoms with Gasteiger partial charge in [0.05, 0.1) is 0 Å². The first kappa shape index (κ1) is 22.4. The van der Waals surface area contributed by atoms with Crippen LogP contribution in [0.2, 0.25) is 0 Å². The van der Waals surface area contributed by atoms with Crippen LogP contribution in [-0.2, 0) is 0 Å². The van der Waals surface area contributed by atoms with E-state index in [2.05, 4.69) is 58.1 Å². The predicted octanol–water partition coefficient (Wildman–Crippen LogP) is 3.44. The first-order chi connectivity index (χ1) is 10.8. The van der Waals surface area contributed by atoms with Gasteiger partial charge in [-0.3, -0.25) is 4.99 Å². The summed E-state index contributed by atoms with van der Waals surface area (Å²) in [6.07, 6.45) is 5.68. The third-order valence-corrected chi connectivity index (χ3v) is 4.15. The van der Waals surface area contributed by atoms with Gasteiger partial charge in [0.1, 0.15) is 0 Å². The molecule has 0 aliphatic heterocycles. The number of rotatable bonds is 10. The van der Waals surface area contributed by atoms with Gasteiger partial charge in [-0.15, -0.1) is 24.0 Å². The van der Waals surface area contributed by atoms with Crippen LogP contribution in [0.1, 0.15) is 19.3 Å². The van der Waals surface area contributed by atoms with E-state index in [1.807, 2.05) is 24.9 Å². The maximum absolute atomic E-state index is 4.26. The van der Waals surface area contributed by atoms with Gasteiger partial charge < -0.3 is 15.5 Å². The number of anilines is 1. The van der Waals surface area contributed by atoms with Crippen molar-refractivity contribution in [1.82, 2.24) is 10.6 Å². The van der Waals surface area contributed by atoms with E-state index < -0.39 is 0 Å². The molecule has 0 aliphatic carbocycles. The third kappa shape index (κ3) is 10.7. The molecule has 1 aromatic rings. The number of thioether (sulfide) groups is 1. The molecule has 1 aromatic carbocycles. The van der Waals surface area contributed by atoms with Crippen molar-refractivity contribution in [1.29, 1.82) is 0 Å². The molecular weight excluding hydrogens is 419 g/mol. The number of nitrogens with zero attached hydrogens (tertiary/aromatic N) is 2. The number of halogens is 1. The number of hydrogen-bond donors (Lipinski definition) is 2. The maximum Gasteiger partial charge on any atom is 0.190 e. The number of hydrogen-bond acceptors (Lipinski definition) is 3. The molecule has 0 amide bonds. The molecule has 6 heteroatoms. The van der Waals surface area contributed by atoms with Gasteiger partial charge >= 0.3 is 0 Å². The average molecular weight is 450 g/mol. The number of benzene rings is 1. The Hall–Kier alpha value is -0.630. The molecule has 0 aliphatic rings. The smallest absolute Gasteiger partial charge is 0.190 e. The first-order valence-electron chi connectivity index (χ1n) is 7.97. The monoisotopic (exact) mass is 450 g/mol. The lowest BCUT2D eigenvalue weighted by Gasteiger charge is -2.19. The highest BCUT2D eigenvalue weighted by Crippen LogP contribution is 2.10. The lowest BCUT2D eigenvalue weighted by molar-refractivity contribution is 0.708. The van der Waals surface area contributed by atoms with E-state index in [0.717, 1.165) is 32.0 Å². The zero-order valence-corrected chi connectivity index (χ0v) is 17.7. The van der Waals surface area contributed by atoms with Crippen LogP contribution >= 0.6 is 35.7 Å². The van der Waals surface area contributed by atoms with Gasteiger partial charge in [0.15, 0.2) is 5.96 Å². The molecule has 0 atom stereocenters. The van der Waals surface area contributed by atoms with E-state index >= 15 is 0 Å². The summed E-state index contributed by atoms with van der Waals surface area (Å²) in [5, 5.41) is 6.74. The Morgan fingerprint density at radius 1 is 1.09 bits per heavy atom. The minimum atomic E-state index is 0. The second kappa shape index (κ2) is 14.9. The van der Waals surface area contributed by atoms with Gasteiger partial charge in [-0.1, -0.05) is 18.2 Å². The minimum absolute atomic E-state index is 0. The molecule has 1 rings (SSSR count). The van der Waals surface area contributed by atoms with Crippen molar-refractivity contribution < 1.29 is 0 Å². The van der Waals surface area contributed by atoms with Gasteiger partial charge in [0.25, 0.3) is 0 Å². The summed E-state index contributed by atoms with van der Waals surface area (Å²) in [6.45, 7) is 2.95. The lowest BCUT2D eigenvalue weighted by Crippen LogP contribution is -2.39. The molecule has 4 nitrogen and oxygen atoms in total. The van der Waals surface area contributed by atoms with Crippen molar-refractivity contribution in [2.75, 3.05) is 50.6 Å². The Morgan fingerprint density at radius 2 is 1.74 bits per heavy atom. The molecule has 0 radical (unpaired) electrons. The van der Waals surface area contributed by atoms with E-state index in [9.17, 15) is 0 Å². The molecule has 0 unspecified atom stereocenters. The fourth-order valence-electron chi connectivity index (χ4n) is 2.13. The molecule has 2 N–H and O–H groups in total. The summed E-state index contributed by atoms with van der Waals surface area (Å²) in [5.74, 6) is 2.14. The van der Waals surface area contributed by atoms with Crippen LogP contribution in [0.4, 0.5) is 5.69 Å². The third-order valence-electron chi connectivity index (χ3n) is 3.45. The molecule has 0 fully saturated rings. The SMILES string of the molecule is CN=C(NCCCCSC)NCCCN(C)c1ccccc1.I. The lowest BCUT2D eigenvalue weighted by atomic mass is 10.3. The summed E-state index contributed by atoms with van der Waals surface area (Å²) in [4.78, 5) is 6.53. The zero-order chi connectivity index (χ0) is 16.0. The van der Waals surface area contributed by atoms with Gasteiger partial charge in [0, 0.05) is 39.4 Å². The van der Waals surface area contributed by atoms with Crippen molar-refractivity contribution in [2.45, 2.75) is 19.3 Å². The highest BCUT2D eigenvalue weighted by molar-refractivity contribution is 14.0. The van der Waals surface area contributed by atoms with Crippen LogP contribution in [-0.4, -0.2) is 51.7 Å². The maximum atomic E-state index is 4.26. The number of unbranched alkanes of at least 4 members (excludes halogenated alkanes) is 1. The van der Waals surface area contributed by atoms with Crippen molar-refractivity contribution in [3.63, 3.8) is 0 Å². The van der Waals surface area contributed by atoms with Crippen molar-refractivity contribution in [2.24, 2.45) is 4.99 Å². The summed E-state index contributed by atoms with van der Waals surface area (Å²) < 4.78 is 0. The summed E-state index contributed by atoms with van der Waals surface area (Å²) >= 11 is 1.91. The molecular formula is C17H31IN4S.